The van der Waals surface area contributed by atoms with E-state index in [0.717, 1.165) is 0 Å². The summed E-state index contributed by atoms with van der Waals surface area (Å²) in [5.41, 5.74) is 0.384. The monoisotopic (exact) mass is 184 g/mol. The van der Waals surface area contributed by atoms with Gasteiger partial charge in [0.05, 0.1) is 0 Å². The third kappa shape index (κ3) is 2.68. The number of piperidine rings is 1. The number of hydrogen-bond donors (Lipinski definition) is 1. The normalized spacial score (nSPS) is 26.3. The fraction of sp³-hybridized carbons (Fsp3) is 1.00. The van der Waals surface area contributed by atoms with Gasteiger partial charge in [0.25, 0.3) is 0 Å². The van der Waals surface area contributed by atoms with Gasteiger partial charge < -0.3 is 5.32 Å². The molecule has 0 aromatic heterocycles. The van der Waals surface area contributed by atoms with E-state index in [0.29, 0.717) is 11.6 Å². The van der Waals surface area contributed by atoms with Gasteiger partial charge >= 0.3 is 0 Å². The Hall–Kier alpha value is -0.0800. The van der Waals surface area contributed by atoms with Gasteiger partial charge in [-0.15, -0.1) is 0 Å². The average molecular weight is 184 g/mol. The van der Waals surface area contributed by atoms with Crippen molar-refractivity contribution in [2.75, 3.05) is 20.1 Å². The highest BCUT2D eigenvalue weighted by atomic mass is 15.2. The van der Waals surface area contributed by atoms with Crippen LogP contribution in [0.5, 0.6) is 0 Å². The summed E-state index contributed by atoms with van der Waals surface area (Å²) in [6, 6.07) is 0.708. The quantitative estimate of drug-likeness (QED) is 0.720. The zero-order valence-corrected chi connectivity index (χ0v) is 9.56. The maximum Gasteiger partial charge on any atom is 0.0192 e. The van der Waals surface area contributed by atoms with Crippen molar-refractivity contribution in [3.63, 3.8) is 0 Å². The van der Waals surface area contributed by atoms with E-state index in [2.05, 4.69) is 38.0 Å². The van der Waals surface area contributed by atoms with Gasteiger partial charge in [-0.25, -0.2) is 0 Å². The number of rotatable bonds is 3. The second-order valence-electron chi connectivity index (χ2n) is 4.74. The molecule has 13 heavy (non-hydrogen) atoms. The van der Waals surface area contributed by atoms with Crippen LogP contribution in [0, 0.1) is 0 Å². The molecule has 1 aliphatic rings. The summed E-state index contributed by atoms with van der Waals surface area (Å²) in [5.74, 6) is 0. The molecule has 1 rings (SSSR count). The molecule has 0 radical (unpaired) electrons. The van der Waals surface area contributed by atoms with Crippen molar-refractivity contribution in [3.05, 3.63) is 0 Å². The minimum atomic E-state index is 0.384. The molecule has 0 aromatic rings. The number of nitrogens with zero attached hydrogens (tertiary/aromatic N) is 1. The summed E-state index contributed by atoms with van der Waals surface area (Å²) < 4.78 is 0. The molecule has 1 unspecified atom stereocenters. The highest BCUT2D eigenvalue weighted by Crippen LogP contribution is 2.23. The van der Waals surface area contributed by atoms with Gasteiger partial charge in [0.2, 0.25) is 0 Å². The lowest BCUT2D eigenvalue weighted by Gasteiger charge is -2.43. The van der Waals surface area contributed by atoms with E-state index in [1.807, 2.05) is 0 Å². The van der Waals surface area contributed by atoms with Crippen molar-refractivity contribution in [2.24, 2.45) is 0 Å². The van der Waals surface area contributed by atoms with Crippen molar-refractivity contribution in [2.45, 2.75) is 51.6 Å². The molecule has 0 bridgehead atoms. The van der Waals surface area contributed by atoms with Crippen molar-refractivity contribution in [3.8, 4) is 0 Å². The predicted octanol–water partition coefficient (Wildman–Crippen LogP) is 1.86. The fourth-order valence-electron chi connectivity index (χ4n) is 1.99. The lowest BCUT2D eigenvalue weighted by Crippen LogP contribution is -2.53. The van der Waals surface area contributed by atoms with Gasteiger partial charge in [-0.2, -0.15) is 0 Å². The second kappa shape index (κ2) is 4.43. The molecule has 0 aromatic carbocycles. The summed E-state index contributed by atoms with van der Waals surface area (Å²) in [6.45, 7) is 9.48. The van der Waals surface area contributed by atoms with Crippen molar-refractivity contribution in [1.29, 1.82) is 0 Å². The Bertz CT molecular complexity index is 154. The molecule has 78 valence electrons. The second-order valence-corrected chi connectivity index (χ2v) is 4.74. The molecule has 0 amide bonds. The first kappa shape index (κ1) is 11.0. The number of hydrogen-bond acceptors (Lipinski definition) is 2. The van der Waals surface area contributed by atoms with Gasteiger partial charge in [-0.3, -0.25) is 4.90 Å². The van der Waals surface area contributed by atoms with Crippen LogP contribution < -0.4 is 5.32 Å². The highest BCUT2D eigenvalue weighted by molar-refractivity contribution is 4.86. The van der Waals surface area contributed by atoms with E-state index in [1.165, 1.54) is 32.4 Å². The minimum absolute atomic E-state index is 0.384. The molecule has 1 saturated heterocycles. The van der Waals surface area contributed by atoms with Crippen LogP contribution in [0.15, 0.2) is 0 Å². The molecule has 2 nitrogen and oxygen atoms in total. The Morgan fingerprint density at radius 3 is 2.69 bits per heavy atom. The Morgan fingerprint density at radius 2 is 2.15 bits per heavy atom. The molecule has 1 heterocycles. The largest absolute Gasteiger partial charge is 0.316 e. The standard InChI is InChI=1S/C11H24N2/c1-5-11(2,3)13-8-6-7-10(9-13)12-4/h10,12H,5-9H2,1-4H3. The molecule has 2 heteroatoms. The third-order valence-electron chi connectivity index (χ3n) is 3.55. The van der Waals surface area contributed by atoms with E-state index in [1.54, 1.807) is 0 Å². The Labute approximate surface area is 82.7 Å². The number of likely N-dealkylation sites (tertiary alicyclic amines) is 1. The van der Waals surface area contributed by atoms with Crippen LogP contribution in [-0.4, -0.2) is 36.6 Å². The van der Waals surface area contributed by atoms with Crippen molar-refractivity contribution >= 4 is 0 Å². The highest BCUT2D eigenvalue weighted by Gasteiger charge is 2.29. The van der Waals surface area contributed by atoms with Crippen LogP contribution >= 0.6 is 0 Å². The Morgan fingerprint density at radius 1 is 1.46 bits per heavy atom. The molecular weight excluding hydrogens is 160 g/mol. The number of nitrogens with one attached hydrogen (secondary N) is 1. The lowest BCUT2D eigenvalue weighted by molar-refractivity contribution is 0.0764. The fourth-order valence-corrected chi connectivity index (χ4v) is 1.99. The molecule has 0 aliphatic carbocycles. The maximum absolute atomic E-state index is 3.39. The average Bonchev–Trinajstić information content (AvgIpc) is 2.18. The smallest absolute Gasteiger partial charge is 0.0192 e. The van der Waals surface area contributed by atoms with Gasteiger partial charge in [0.15, 0.2) is 0 Å². The summed E-state index contributed by atoms with van der Waals surface area (Å²) in [4.78, 5) is 2.62. The first-order valence-electron chi connectivity index (χ1n) is 5.52. The van der Waals surface area contributed by atoms with Gasteiger partial charge in [0, 0.05) is 18.1 Å². The van der Waals surface area contributed by atoms with Crippen molar-refractivity contribution < 1.29 is 0 Å². The van der Waals surface area contributed by atoms with E-state index >= 15 is 0 Å². The van der Waals surface area contributed by atoms with Crippen LogP contribution in [0.4, 0.5) is 0 Å². The van der Waals surface area contributed by atoms with E-state index < -0.39 is 0 Å². The van der Waals surface area contributed by atoms with Gasteiger partial charge in [-0.05, 0) is 46.7 Å². The first-order valence-corrected chi connectivity index (χ1v) is 5.52. The maximum atomic E-state index is 3.39. The Balaban J connectivity index is 2.50. The van der Waals surface area contributed by atoms with Crippen LogP contribution in [0.2, 0.25) is 0 Å². The number of likely N-dealkylation sites (N-methyl/N-ethyl adjacent to an activating group) is 1. The molecule has 1 aliphatic heterocycles. The van der Waals surface area contributed by atoms with Gasteiger partial charge in [0.1, 0.15) is 0 Å². The van der Waals surface area contributed by atoms with E-state index in [-0.39, 0.29) is 0 Å². The van der Waals surface area contributed by atoms with Crippen molar-refractivity contribution in [1.82, 2.24) is 10.2 Å². The SMILES string of the molecule is CCC(C)(C)N1CCCC(NC)C1. The third-order valence-corrected chi connectivity index (χ3v) is 3.55. The zero-order chi connectivity index (χ0) is 9.90. The molecule has 0 saturated carbocycles. The molecule has 1 atom stereocenters. The topological polar surface area (TPSA) is 15.3 Å². The summed E-state index contributed by atoms with van der Waals surface area (Å²) in [6.07, 6.45) is 3.92. The van der Waals surface area contributed by atoms with Crippen LogP contribution in [-0.2, 0) is 0 Å². The molecule has 0 spiro atoms. The summed E-state index contributed by atoms with van der Waals surface area (Å²) >= 11 is 0. The van der Waals surface area contributed by atoms with Crippen LogP contribution in [0.25, 0.3) is 0 Å². The predicted molar refractivity (Wildman–Crippen MR) is 58.0 cm³/mol. The first-order chi connectivity index (χ1) is 6.10. The minimum Gasteiger partial charge on any atom is -0.316 e. The van der Waals surface area contributed by atoms with Gasteiger partial charge in [-0.1, -0.05) is 6.92 Å². The Kier molecular flexibility index (Phi) is 3.74. The van der Waals surface area contributed by atoms with Crippen LogP contribution in [0.1, 0.15) is 40.0 Å². The zero-order valence-electron chi connectivity index (χ0n) is 9.56. The van der Waals surface area contributed by atoms with Crippen LogP contribution in [0.3, 0.4) is 0 Å². The van der Waals surface area contributed by atoms with E-state index in [9.17, 15) is 0 Å². The lowest BCUT2D eigenvalue weighted by atomic mass is 9.94. The summed E-state index contributed by atoms with van der Waals surface area (Å²) in [7, 11) is 2.08. The molecular formula is C11H24N2. The molecule has 1 N–H and O–H groups in total. The van der Waals surface area contributed by atoms with E-state index in [4.69, 9.17) is 0 Å². The molecule has 1 fully saturated rings. The summed E-state index contributed by atoms with van der Waals surface area (Å²) in [5, 5.41) is 3.39.